The number of hydrogen-bond donors (Lipinski definition) is 2. The van der Waals surface area contributed by atoms with Gasteiger partial charge in [0, 0.05) is 23.0 Å². The molecule has 0 bridgehead atoms. The number of rotatable bonds is 3. The summed E-state index contributed by atoms with van der Waals surface area (Å²) in [7, 11) is 0. The van der Waals surface area contributed by atoms with Gasteiger partial charge in [-0.05, 0) is 19.4 Å². The number of nitrogen functional groups attached to an aromatic ring is 1. The van der Waals surface area contributed by atoms with Gasteiger partial charge in [0.1, 0.15) is 0 Å². The predicted octanol–water partition coefficient (Wildman–Crippen LogP) is 2.67. The van der Waals surface area contributed by atoms with Crippen LogP contribution in [-0.2, 0) is 6.42 Å². The smallest absolute Gasteiger partial charge is 0.261 e. The monoisotopic (exact) mass is 298 g/mol. The molecule has 1 amide bonds. The zero-order valence-corrected chi connectivity index (χ0v) is 12.3. The van der Waals surface area contributed by atoms with Gasteiger partial charge in [0.05, 0.1) is 11.3 Å². The van der Waals surface area contributed by atoms with Crippen molar-refractivity contribution >= 4 is 40.5 Å². The van der Waals surface area contributed by atoms with Crippen molar-refractivity contribution in [1.29, 1.82) is 0 Å². The Balaban J connectivity index is 0.00000180. The first-order valence-electron chi connectivity index (χ1n) is 5.59. The summed E-state index contributed by atoms with van der Waals surface area (Å²) in [6.45, 7) is 4.03. The second kappa shape index (κ2) is 6.49. The van der Waals surface area contributed by atoms with Gasteiger partial charge >= 0.3 is 0 Å². The van der Waals surface area contributed by atoms with Crippen LogP contribution in [0.15, 0.2) is 18.5 Å². The molecule has 5 nitrogen and oxygen atoms in total. The van der Waals surface area contributed by atoms with Crippen LogP contribution in [0.3, 0.4) is 0 Å². The third-order valence-electron chi connectivity index (χ3n) is 2.55. The van der Waals surface area contributed by atoms with Crippen LogP contribution in [0.5, 0.6) is 0 Å². The van der Waals surface area contributed by atoms with Crippen molar-refractivity contribution < 1.29 is 4.79 Å². The molecule has 2 aromatic rings. The highest BCUT2D eigenvalue weighted by atomic mass is 35.5. The SMILES string of the molecule is CCc1nc(NC(=O)c2cnccc2N)sc1C.Cl. The lowest BCUT2D eigenvalue weighted by Crippen LogP contribution is -2.14. The lowest BCUT2D eigenvalue weighted by Gasteiger charge is -2.03. The maximum atomic E-state index is 12.0. The summed E-state index contributed by atoms with van der Waals surface area (Å²) >= 11 is 1.46. The number of nitrogens with zero attached hydrogens (tertiary/aromatic N) is 2. The molecule has 2 heterocycles. The van der Waals surface area contributed by atoms with Gasteiger partial charge < -0.3 is 5.73 Å². The molecule has 19 heavy (non-hydrogen) atoms. The maximum absolute atomic E-state index is 12.0. The number of thiazole rings is 1. The van der Waals surface area contributed by atoms with Gasteiger partial charge in [-0.15, -0.1) is 23.7 Å². The van der Waals surface area contributed by atoms with Gasteiger partial charge in [0.15, 0.2) is 5.13 Å². The van der Waals surface area contributed by atoms with Crippen molar-refractivity contribution in [2.24, 2.45) is 0 Å². The van der Waals surface area contributed by atoms with E-state index in [0.29, 0.717) is 16.4 Å². The van der Waals surface area contributed by atoms with Gasteiger partial charge in [-0.3, -0.25) is 15.1 Å². The summed E-state index contributed by atoms with van der Waals surface area (Å²) in [5.74, 6) is -0.281. The van der Waals surface area contributed by atoms with Crippen molar-refractivity contribution in [3.8, 4) is 0 Å². The van der Waals surface area contributed by atoms with Gasteiger partial charge in [0.2, 0.25) is 0 Å². The minimum absolute atomic E-state index is 0. The Morgan fingerprint density at radius 2 is 2.26 bits per heavy atom. The Hall–Kier alpha value is -1.66. The number of nitrogens with two attached hydrogens (primary N) is 1. The fourth-order valence-corrected chi connectivity index (χ4v) is 2.47. The molecule has 0 unspecified atom stereocenters. The molecule has 0 aromatic carbocycles. The van der Waals surface area contributed by atoms with E-state index in [0.717, 1.165) is 17.0 Å². The fraction of sp³-hybridized carbons (Fsp3) is 0.250. The molecule has 102 valence electrons. The number of nitrogens with one attached hydrogen (secondary N) is 1. The van der Waals surface area contributed by atoms with Crippen molar-refractivity contribution in [3.63, 3.8) is 0 Å². The van der Waals surface area contributed by atoms with E-state index in [9.17, 15) is 4.79 Å². The molecule has 0 saturated carbocycles. The third-order valence-corrected chi connectivity index (χ3v) is 3.48. The molecule has 0 radical (unpaired) electrons. The van der Waals surface area contributed by atoms with Crippen molar-refractivity contribution in [2.75, 3.05) is 11.1 Å². The number of amides is 1. The summed E-state index contributed by atoms with van der Waals surface area (Å²) in [6, 6.07) is 1.60. The summed E-state index contributed by atoms with van der Waals surface area (Å²) in [5.41, 5.74) is 7.50. The number of pyridine rings is 1. The Morgan fingerprint density at radius 1 is 1.53 bits per heavy atom. The highest BCUT2D eigenvalue weighted by Crippen LogP contribution is 2.23. The number of hydrogen-bond acceptors (Lipinski definition) is 5. The van der Waals surface area contributed by atoms with Crippen LogP contribution in [0.25, 0.3) is 0 Å². The van der Waals surface area contributed by atoms with Gasteiger partial charge in [-0.25, -0.2) is 4.98 Å². The van der Waals surface area contributed by atoms with Crippen molar-refractivity contribution in [1.82, 2.24) is 9.97 Å². The van der Waals surface area contributed by atoms with E-state index in [2.05, 4.69) is 15.3 Å². The van der Waals surface area contributed by atoms with Gasteiger partial charge in [0.25, 0.3) is 5.91 Å². The van der Waals surface area contributed by atoms with Crippen LogP contribution in [0.4, 0.5) is 10.8 Å². The topological polar surface area (TPSA) is 80.9 Å². The summed E-state index contributed by atoms with van der Waals surface area (Å²) in [4.78, 5) is 21.3. The molecular formula is C12H15ClN4OS. The Bertz CT molecular complexity index is 585. The van der Waals surface area contributed by atoms with E-state index in [1.807, 2.05) is 13.8 Å². The van der Waals surface area contributed by atoms with Crippen LogP contribution < -0.4 is 11.1 Å². The summed E-state index contributed by atoms with van der Waals surface area (Å²) < 4.78 is 0. The molecule has 0 aliphatic carbocycles. The quantitative estimate of drug-likeness (QED) is 0.913. The molecule has 0 spiro atoms. The van der Waals surface area contributed by atoms with Crippen molar-refractivity contribution in [2.45, 2.75) is 20.3 Å². The Labute approximate surface area is 121 Å². The number of aryl methyl sites for hydroxylation is 2. The lowest BCUT2D eigenvalue weighted by molar-refractivity contribution is 0.102. The van der Waals surface area contributed by atoms with E-state index in [-0.39, 0.29) is 18.3 Å². The second-order valence-corrected chi connectivity index (χ2v) is 5.00. The molecule has 0 aliphatic rings. The van der Waals surface area contributed by atoms with Crippen LogP contribution in [0.1, 0.15) is 27.9 Å². The standard InChI is InChI=1S/C12H14N4OS.ClH/c1-3-10-7(2)18-12(15-10)16-11(17)8-6-14-5-4-9(8)13;/h4-6H,3H2,1-2H3,(H2,13,14)(H,15,16,17);1H. The van der Waals surface area contributed by atoms with E-state index >= 15 is 0 Å². The first kappa shape index (κ1) is 15.4. The molecule has 0 fully saturated rings. The number of aromatic nitrogens is 2. The molecule has 2 rings (SSSR count). The minimum atomic E-state index is -0.281. The molecule has 7 heteroatoms. The van der Waals surface area contributed by atoms with E-state index < -0.39 is 0 Å². The largest absolute Gasteiger partial charge is 0.398 e. The van der Waals surface area contributed by atoms with Gasteiger partial charge in [-0.2, -0.15) is 0 Å². The molecule has 0 atom stereocenters. The third kappa shape index (κ3) is 3.42. The fourth-order valence-electron chi connectivity index (χ4n) is 1.57. The van der Waals surface area contributed by atoms with E-state index in [1.54, 1.807) is 12.3 Å². The molecule has 0 saturated heterocycles. The highest BCUT2D eigenvalue weighted by Gasteiger charge is 2.13. The van der Waals surface area contributed by atoms with Crippen LogP contribution in [0.2, 0.25) is 0 Å². The number of anilines is 2. The summed E-state index contributed by atoms with van der Waals surface area (Å²) in [6.07, 6.45) is 3.86. The lowest BCUT2D eigenvalue weighted by atomic mass is 10.2. The normalized spacial score (nSPS) is 9.79. The maximum Gasteiger partial charge on any atom is 0.261 e. The zero-order valence-electron chi connectivity index (χ0n) is 10.6. The summed E-state index contributed by atoms with van der Waals surface area (Å²) in [5, 5.41) is 3.34. The molecule has 3 N–H and O–H groups in total. The number of halogens is 1. The first-order chi connectivity index (χ1) is 8.61. The number of carbonyl (C=O) groups excluding carboxylic acids is 1. The first-order valence-corrected chi connectivity index (χ1v) is 6.40. The number of carbonyl (C=O) groups is 1. The Morgan fingerprint density at radius 3 is 2.84 bits per heavy atom. The van der Waals surface area contributed by atoms with E-state index in [4.69, 9.17) is 5.73 Å². The van der Waals surface area contributed by atoms with Crippen molar-refractivity contribution in [3.05, 3.63) is 34.6 Å². The van der Waals surface area contributed by atoms with Crippen LogP contribution in [0, 0.1) is 6.92 Å². The second-order valence-electron chi connectivity index (χ2n) is 3.79. The molecule has 2 aromatic heterocycles. The average molecular weight is 299 g/mol. The Kier molecular flexibility index (Phi) is 5.26. The van der Waals surface area contributed by atoms with E-state index in [1.165, 1.54) is 17.5 Å². The van der Waals surface area contributed by atoms with Crippen LogP contribution in [-0.4, -0.2) is 15.9 Å². The predicted molar refractivity (Wildman–Crippen MR) is 80.1 cm³/mol. The average Bonchev–Trinajstić information content (AvgIpc) is 2.69. The van der Waals surface area contributed by atoms with Gasteiger partial charge in [-0.1, -0.05) is 6.92 Å². The minimum Gasteiger partial charge on any atom is -0.398 e. The molecule has 0 aliphatic heterocycles. The highest BCUT2D eigenvalue weighted by molar-refractivity contribution is 7.15. The zero-order chi connectivity index (χ0) is 13.1. The van der Waals surface area contributed by atoms with Crippen LogP contribution >= 0.6 is 23.7 Å². The molecular weight excluding hydrogens is 284 g/mol.